The smallest absolute Gasteiger partial charge is 0.161 e. The molecule has 0 bridgehead atoms. The van der Waals surface area contributed by atoms with E-state index in [0.717, 1.165) is 5.56 Å². The number of hydrogen-bond acceptors (Lipinski definition) is 4. The summed E-state index contributed by atoms with van der Waals surface area (Å²) in [4.78, 5) is 0. The van der Waals surface area contributed by atoms with Crippen molar-refractivity contribution in [2.24, 2.45) is 0 Å². The predicted molar refractivity (Wildman–Crippen MR) is 70.8 cm³/mol. The van der Waals surface area contributed by atoms with Gasteiger partial charge in [0.25, 0.3) is 0 Å². The Balaban J connectivity index is 3.00. The van der Waals surface area contributed by atoms with Crippen molar-refractivity contribution in [3.8, 4) is 17.6 Å². The number of hydrogen-bond donors (Lipinski definition) is 1. The fourth-order valence-electron chi connectivity index (χ4n) is 1.68. The minimum absolute atomic E-state index is 0.243. The molecule has 0 aromatic heterocycles. The van der Waals surface area contributed by atoms with Gasteiger partial charge in [-0.25, -0.2) is 0 Å². The van der Waals surface area contributed by atoms with Gasteiger partial charge in [0.1, 0.15) is 6.04 Å². The Bertz CT molecular complexity index is 424. The Morgan fingerprint density at radius 2 is 2.06 bits per heavy atom. The second-order valence-electron chi connectivity index (χ2n) is 4.23. The van der Waals surface area contributed by atoms with Gasteiger partial charge in [-0.2, -0.15) is 5.26 Å². The van der Waals surface area contributed by atoms with Gasteiger partial charge in [-0.15, -0.1) is 0 Å². The molecule has 1 N–H and O–H groups in total. The van der Waals surface area contributed by atoms with E-state index in [9.17, 15) is 5.26 Å². The lowest BCUT2D eigenvalue weighted by Crippen LogP contribution is -2.27. The Labute approximate surface area is 109 Å². The van der Waals surface area contributed by atoms with E-state index in [2.05, 4.69) is 11.4 Å². The first-order valence-electron chi connectivity index (χ1n) is 6.08. The molecule has 1 aromatic carbocycles. The molecule has 1 aromatic rings. The monoisotopic (exact) mass is 248 g/mol. The van der Waals surface area contributed by atoms with E-state index >= 15 is 0 Å². The van der Waals surface area contributed by atoms with Crippen LogP contribution >= 0.6 is 0 Å². The molecule has 0 radical (unpaired) electrons. The van der Waals surface area contributed by atoms with Crippen molar-refractivity contribution in [1.29, 1.82) is 5.26 Å². The number of nitriles is 1. The zero-order chi connectivity index (χ0) is 13.5. The van der Waals surface area contributed by atoms with Crippen molar-refractivity contribution >= 4 is 0 Å². The molecule has 0 heterocycles. The fraction of sp³-hybridized carbons (Fsp3) is 0.500. The third-order valence-electron chi connectivity index (χ3n) is 2.45. The largest absolute Gasteiger partial charge is 0.493 e. The number of nitrogens with zero attached hydrogens (tertiary/aromatic N) is 1. The van der Waals surface area contributed by atoms with E-state index in [4.69, 9.17) is 9.47 Å². The highest BCUT2D eigenvalue weighted by atomic mass is 16.5. The second-order valence-corrected chi connectivity index (χ2v) is 4.23. The average molecular weight is 248 g/mol. The van der Waals surface area contributed by atoms with Crippen molar-refractivity contribution in [2.45, 2.75) is 32.9 Å². The molecule has 1 rings (SSSR count). The van der Waals surface area contributed by atoms with Gasteiger partial charge in [-0.3, -0.25) is 5.32 Å². The van der Waals surface area contributed by atoms with E-state index in [1.165, 1.54) is 0 Å². The SMILES string of the molecule is CCOc1ccc(C(C#N)NC(C)C)cc1OC. The van der Waals surface area contributed by atoms with Gasteiger partial charge in [-0.1, -0.05) is 6.07 Å². The summed E-state index contributed by atoms with van der Waals surface area (Å²) >= 11 is 0. The topological polar surface area (TPSA) is 54.3 Å². The number of nitrogens with one attached hydrogen (secondary N) is 1. The molecule has 18 heavy (non-hydrogen) atoms. The molecule has 0 aliphatic carbocycles. The van der Waals surface area contributed by atoms with Gasteiger partial charge in [0.15, 0.2) is 11.5 Å². The molecule has 4 nitrogen and oxygen atoms in total. The third-order valence-corrected chi connectivity index (χ3v) is 2.45. The summed E-state index contributed by atoms with van der Waals surface area (Å²) in [5.41, 5.74) is 0.881. The van der Waals surface area contributed by atoms with Crippen LogP contribution in [0.15, 0.2) is 18.2 Å². The summed E-state index contributed by atoms with van der Waals surface area (Å²) in [6.07, 6.45) is 0. The number of ether oxygens (including phenoxy) is 2. The molecule has 1 atom stereocenters. The summed E-state index contributed by atoms with van der Waals surface area (Å²) < 4.78 is 10.7. The third kappa shape index (κ3) is 3.64. The number of benzene rings is 1. The molecule has 0 amide bonds. The minimum Gasteiger partial charge on any atom is -0.493 e. The van der Waals surface area contributed by atoms with E-state index in [0.29, 0.717) is 18.1 Å². The van der Waals surface area contributed by atoms with Crippen molar-refractivity contribution in [3.05, 3.63) is 23.8 Å². The maximum absolute atomic E-state index is 9.18. The van der Waals surface area contributed by atoms with Gasteiger partial charge < -0.3 is 9.47 Å². The molecule has 0 saturated heterocycles. The van der Waals surface area contributed by atoms with Gasteiger partial charge in [-0.05, 0) is 38.5 Å². The summed E-state index contributed by atoms with van der Waals surface area (Å²) in [6, 6.07) is 7.71. The summed E-state index contributed by atoms with van der Waals surface area (Å²) in [5, 5.41) is 12.4. The molecule has 0 spiro atoms. The van der Waals surface area contributed by atoms with Gasteiger partial charge in [0.2, 0.25) is 0 Å². The standard InChI is InChI=1S/C14H20N2O2/c1-5-18-13-7-6-11(8-14(13)17-4)12(9-15)16-10(2)3/h6-8,10,12,16H,5H2,1-4H3. The molecule has 0 aliphatic heterocycles. The van der Waals surface area contributed by atoms with Crippen LogP contribution in [0.5, 0.6) is 11.5 Å². The summed E-state index contributed by atoms with van der Waals surface area (Å²) in [5.74, 6) is 1.35. The highest BCUT2D eigenvalue weighted by molar-refractivity contribution is 5.44. The first kappa shape index (κ1) is 14.3. The normalized spacial score (nSPS) is 12.0. The molecule has 4 heteroatoms. The Kier molecular flexibility index (Phi) is 5.47. The molecular formula is C14H20N2O2. The van der Waals surface area contributed by atoms with Crippen LogP contribution in [-0.4, -0.2) is 19.8 Å². The zero-order valence-electron chi connectivity index (χ0n) is 11.4. The fourth-order valence-corrected chi connectivity index (χ4v) is 1.68. The molecule has 1 unspecified atom stereocenters. The van der Waals surface area contributed by atoms with Crippen molar-refractivity contribution in [3.63, 3.8) is 0 Å². The number of rotatable bonds is 6. The highest BCUT2D eigenvalue weighted by Crippen LogP contribution is 2.30. The van der Waals surface area contributed by atoms with Crippen LogP contribution in [-0.2, 0) is 0 Å². The van der Waals surface area contributed by atoms with Crippen molar-refractivity contribution in [2.75, 3.05) is 13.7 Å². The molecule has 98 valence electrons. The van der Waals surface area contributed by atoms with E-state index in [1.807, 2.05) is 39.0 Å². The first-order chi connectivity index (χ1) is 8.62. The lowest BCUT2D eigenvalue weighted by atomic mass is 10.1. The lowest BCUT2D eigenvalue weighted by molar-refractivity contribution is 0.310. The van der Waals surface area contributed by atoms with Crippen LogP contribution < -0.4 is 14.8 Å². The maximum Gasteiger partial charge on any atom is 0.161 e. The molecule has 0 saturated carbocycles. The average Bonchev–Trinajstić information content (AvgIpc) is 2.36. The first-order valence-corrected chi connectivity index (χ1v) is 6.08. The van der Waals surface area contributed by atoms with Crippen molar-refractivity contribution < 1.29 is 9.47 Å². The summed E-state index contributed by atoms with van der Waals surface area (Å²) in [7, 11) is 1.60. The van der Waals surface area contributed by atoms with E-state index in [-0.39, 0.29) is 12.1 Å². The molecular weight excluding hydrogens is 228 g/mol. The predicted octanol–water partition coefficient (Wildman–Crippen LogP) is 2.66. The van der Waals surface area contributed by atoms with Crippen LogP contribution in [0.1, 0.15) is 32.4 Å². The van der Waals surface area contributed by atoms with Crippen LogP contribution in [0.4, 0.5) is 0 Å². The second kappa shape index (κ2) is 6.87. The van der Waals surface area contributed by atoms with Crippen LogP contribution in [0.25, 0.3) is 0 Å². The lowest BCUT2D eigenvalue weighted by Gasteiger charge is -2.17. The van der Waals surface area contributed by atoms with Gasteiger partial charge in [0, 0.05) is 6.04 Å². The molecule has 0 fully saturated rings. The van der Waals surface area contributed by atoms with Gasteiger partial charge >= 0.3 is 0 Å². The van der Waals surface area contributed by atoms with Crippen molar-refractivity contribution in [1.82, 2.24) is 5.32 Å². The van der Waals surface area contributed by atoms with Crippen LogP contribution in [0, 0.1) is 11.3 Å². The van der Waals surface area contributed by atoms with E-state index < -0.39 is 0 Å². The Morgan fingerprint density at radius 1 is 1.33 bits per heavy atom. The Hall–Kier alpha value is -1.73. The highest BCUT2D eigenvalue weighted by Gasteiger charge is 2.14. The quantitative estimate of drug-likeness (QED) is 0.841. The zero-order valence-corrected chi connectivity index (χ0v) is 11.4. The van der Waals surface area contributed by atoms with Crippen LogP contribution in [0.3, 0.4) is 0 Å². The van der Waals surface area contributed by atoms with Crippen LogP contribution in [0.2, 0.25) is 0 Å². The Morgan fingerprint density at radius 3 is 2.56 bits per heavy atom. The van der Waals surface area contributed by atoms with Gasteiger partial charge in [0.05, 0.1) is 19.8 Å². The summed E-state index contributed by atoms with van der Waals surface area (Å²) in [6.45, 7) is 6.53. The number of methoxy groups -OCH3 is 1. The maximum atomic E-state index is 9.18. The minimum atomic E-state index is -0.338. The van der Waals surface area contributed by atoms with E-state index in [1.54, 1.807) is 7.11 Å². The molecule has 0 aliphatic rings.